The first-order valence-electron chi connectivity index (χ1n) is 8.27. The van der Waals surface area contributed by atoms with Crippen LogP contribution in [0.1, 0.15) is 46.7 Å². The summed E-state index contributed by atoms with van der Waals surface area (Å²) in [6.45, 7) is 7.66. The van der Waals surface area contributed by atoms with Gasteiger partial charge < -0.3 is 10.4 Å². The van der Waals surface area contributed by atoms with Gasteiger partial charge in [-0.05, 0) is 31.7 Å². The summed E-state index contributed by atoms with van der Waals surface area (Å²) < 4.78 is 0. The van der Waals surface area contributed by atoms with Crippen molar-refractivity contribution in [3.05, 3.63) is 51.5 Å². The Bertz CT molecular complexity index is 755. The van der Waals surface area contributed by atoms with E-state index in [1.165, 1.54) is 11.3 Å². The number of amides is 1. The van der Waals surface area contributed by atoms with E-state index < -0.39 is 11.4 Å². The summed E-state index contributed by atoms with van der Waals surface area (Å²) in [5.41, 5.74) is 0.256. The highest BCUT2D eigenvalue weighted by Crippen LogP contribution is 2.25. The number of carbonyl (C=O) groups is 2. The summed E-state index contributed by atoms with van der Waals surface area (Å²) in [7, 11) is 0. The lowest BCUT2D eigenvalue weighted by Gasteiger charge is -2.25. The highest BCUT2D eigenvalue weighted by Gasteiger charge is 2.36. The first kappa shape index (κ1) is 19.1. The van der Waals surface area contributed by atoms with Crippen molar-refractivity contribution in [2.75, 3.05) is 6.54 Å². The molecule has 25 heavy (non-hydrogen) atoms. The van der Waals surface area contributed by atoms with Crippen molar-refractivity contribution in [2.45, 2.75) is 39.5 Å². The van der Waals surface area contributed by atoms with Crippen LogP contribution in [0.25, 0.3) is 0 Å². The number of carboxylic acid groups (broad SMARTS) is 1. The zero-order valence-corrected chi connectivity index (χ0v) is 15.8. The van der Waals surface area contributed by atoms with E-state index in [0.29, 0.717) is 16.4 Å². The van der Waals surface area contributed by atoms with Crippen molar-refractivity contribution >= 4 is 23.2 Å². The molecular weight excluding hydrogens is 336 g/mol. The maximum atomic E-state index is 12.6. The Labute approximate surface area is 152 Å². The number of thiazole rings is 1. The lowest BCUT2D eigenvalue weighted by atomic mass is 9.82. The molecule has 2 N–H and O–H groups in total. The van der Waals surface area contributed by atoms with Crippen LogP contribution in [0.15, 0.2) is 30.3 Å². The van der Waals surface area contributed by atoms with Gasteiger partial charge in [0, 0.05) is 6.54 Å². The molecule has 0 aliphatic heterocycles. The largest absolute Gasteiger partial charge is 0.481 e. The van der Waals surface area contributed by atoms with Crippen LogP contribution in [0.2, 0.25) is 0 Å². The van der Waals surface area contributed by atoms with Gasteiger partial charge >= 0.3 is 5.97 Å². The number of nitrogens with one attached hydrogen (secondary N) is 1. The highest BCUT2D eigenvalue weighted by molar-refractivity contribution is 7.13. The predicted octanol–water partition coefficient (Wildman–Crippen LogP) is 3.42. The fourth-order valence-electron chi connectivity index (χ4n) is 2.62. The quantitative estimate of drug-likeness (QED) is 0.793. The monoisotopic (exact) mass is 360 g/mol. The van der Waals surface area contributed by atoms with E-state index in [2.05, 4.69) is 24.1 Å². The van der Waals surface area contributed by atoms with Gasteiger partial charge in [-0.25, -0.2) is 4.98 Å². The average Bonchev–Trinajstić information content (AvgIpc) is 2.92. The van der Waals surface area contributed by atoms with E-state index in [1.54, 1.807) is 31.2 Å². The van der Waals surface area contributed by atoms with Gasteiger partial charge in [-0.2, -0.15) is 0 Å². The van der Waals surface area contributed by atoms with Gasteiger partial charge in [-0.3, -0.25) is 9.59 Å². The second kappa shape index (κ2) is 7.78. The molecule has 0 saturated heterocycles. The van der Waals surface area contributed by atoms with Crippen molar-refractivity contribution in [1.29, 1.82) is 0 Å². The first-order valence-corrected chi connectivity index (χ1v) is 9.09. The average molecular weight is 360 g/mol. The molecule has 1 unspecified atom stereocenters. The number of aliphatic carboxylic acids is 1. The number of hydrogen-bond donors (Lipinski definition) is 2. The minimum absolute atomic E-state index is 0.0171. The number of carboxylic acids is 1. The van der Waals surface area contributed by atoms with Crippen molar-refractivity contribution in [3.8, 4) is 0 Å². The minimum atomic E-state index is -1.19. The summed E-state index contributed by atoms with van der Waals surface area (Å²) in [5.74, 6) is -0.840. The second-order valence-electron chi connectivity index (χ2n) is 6.79. The van der Waals surface area contributed by atoms with Crippen LogP contribution >= 0.6 is 11.3 Å². The number of nitrogens with zero attached hydrogens (tertiary/aromatic N) is 1. The normalized spacial score (nSPS) is 13.5. The molecule has 0 bridgehead atoms. The number of carbonyl (C=O) groups excluding carboxylic acids is 1. The predicted molar refractivity (Wildman–Crippen MR) is 99.2 cm³/mol. The maximum Gasteiger partial charge on any atom is 0.315 e. The third-order valence-electron chi connectivity index (χ3n) is 4.10. The Morgan fingerprint density at radius 3 is 2.48 bits per heavy atom. The van der Waals surface area contributed by atoms with Crippen LogP contribution in [0.3, 0.4) is 0 Å². The first-order chi connectivity index (χ1) is 11.7. The summed E-state index contributed by atoms with van der Waals surface area (Å²) in [5, 5.41) is 13.3. The Kier molecular flexibility index (Phi) is 5.95. The van der Waals surface area contributed by atoms with E-state index in [1.807, 2.05) is 13.0 Å². The van der Waals surface area contributed by atoms with E-state index in [9.17, 15) is 14.7 Å². The smallest absolute Gasteiger partial charge is 0.315 e. The van der Waals surface area contributed by atoms with Gasteiger partial charge in [0.15, 0.2) is 0 Å². The molecule has 0 radical (unpaired) electrons. The van der Waals surface area contributed by atoms with Crippen LogP contribution in [0.4, 0.5) is 0 Å². The fourth-order valence-corrected chi connectivity index (χ4v) is 3.48. The van der Waals surface area contributed by atoms with E-state index >= 15 is 0 Å². The molecule has 1 heterocycles. The van der Waals surface area contributed by atoms with Crippen molar-refractivity contribution in [1.82, 2.24) is 10.3 Å². The van der Waals surface area contributed by atoms with E-state index in [0.717, 1.165) is 17.1 Å². The molecule has 1 atom stereocenters. The molecular formula is C19H24N2O3S. The standard InChI is InChI=1S/C19H24N2O3S/c1-12(2)10-15-16(25-13(3)21-15)17(22)20-11-19(4,18(23)24)14-8-6-5-7-9-14/h5-9,12H,10-11H2,1-4H3,(H,20,22)(H,23,24). The van der Waals surface area contributed by atoms with Gasteiger partial charge in [0.2, 0.25) is 0 Å². The van der Waals surface area contributed by atoms with E-state index in [4.69, 9.17) is 0 Å². The molecule has 6 heteroatoms. The van der Waals surface area contributed by atoms with Gasteiger partial charge in [0.1, 0.15) is 10.3 Å². The number of hydrogen-bond acceptors (Lipinski definition) is 4. The molecule has 1 aromatic heterocycles. The lowest BCUT2D eigenvalue weighted by Crippen LogP contribution is -2.44. The molecule has 1 amide bonds. The van der Waals surface area contributed by atoms with Crippen LogP contribution in [0, 0.1) is 12.8 Å². The van der Waals surface area contributed by atoms with Crippen molar-refractivity contribution < 1.29 is 14.7 Å². The van der Waals surface area contributed by atoms with Crippen LogP contribution in [0.5, 0.6) is 0 Å². The topological polar surface area (TPSA) is 79.3 Å². The van der Waals surface area contributed by atoms with Crippen molar-refractivity contribution in [3.63, 3.8) is 0 Å². The van der Waals surface area contributed by atoms with E-state index in [-0.39, 0.29) is 12.5 Å². The van der Waals surface area contributed by atoms with Crippen molar-refractivity contribution in [2.24, 2.45) is 5.92 Å². The van der Waals surface area contributed by atoms with Gasteiger partial charge in [-0.15, -0.1) is 11.3 Å². The third-order valence-corrected chi connectivity index (χ3v) is 5.11. The molecule has 134 valence electrons. The molecule has 2 aromatic rings. The summed E-state index contributed by atoms with van der Waals surface area (Å²) in [6.07, 6.45) is 0.724. The maximum absolute atomic E-state index is 12.6. The lowest BCUT2D eigenvalue weighted by molar-refractivity contribution is -0.142. The van der Waals surface area contributed by atoms with Crippen LogP contribution in [-0.4, -0.2) is 28.5 Å². The molecule has 0 aliphatic carbocycles. The summed E-state index contributed by atoms with van der Waals surface area (Å²) in [4.78, 5) is 29.5. The van der Waals surface area contributed by atoms with Gasteiger partial charge in [0.05, 0.1) is 10.7 Å². The van der Waals surface area contributed by atoms with Crippen LogP contribution < -0.4 is 5.32 Å². The van der Waals surface area contributed by atoms with Gasteiger partial charge in [-0.1, -0.05) is 44.2 Å². The number of aromatic nitrogens is 1. The second-order valence-corrected chi connectivity index (χ2v) is 8.00. The molecule has 0 aliphatic rings. The third kappa shape index (κ3) is 4.45. The molecule has 0 spiro atoms. The summed E-state index contributed by atoms with van der Waals surface area (Å²) >= 11 is 1.35. The van der Waals surface area contributed by atoms with Gasteiger partial charge in [0.25, 0.3) is 5.91 Å². The minimum Gasteiger partial charge on any atom is -0.481 e. The molecule has 5 nitrogen and oxygen atoms in total. The number of aryl methyl sites for hydroxylation is 1. The summed E-state index contributed by atoms with van der Waals surface area (Å²) in [6, 6.07) is 8.96. The highest BCUT2D eigenvalue weighted by atomic mass is 32.1. The SMILES string of the molecule is Cc1nc(CC(C)C)c(C(=O)NCC(C)(C(=O)O)c2ccccc2)s1. The molecule has 0 fully saturated rings. The fraction of sp³-hybridized carbons (Fsp3) is 0.421. The van der Waals surface area contributed by atoms with Crippen LogP contribution in [-0.2, 0) is 16.6 Å². The molecule has 1 aromatic carbocycles. The Balaban J connectivity index is 2.19. The Morgan fingerprint density at radius 2 is 1.92 bits per heavy atom. The Hall–Kier alpha value is -2.21. The number of rotatable bonds is 7. The zero-order chi connectivity index (χ0) is 18.6. The number of benzene rings is 1. The Morgan fingerprint density at radius 1 is 1.28 bits per heavy atom. The molecule has 0 saturated carbocycles. The molecule has 2 rings (SSSR count). The zero-order valence-electron chi connectivity index (χ0n) is 15.0.